The Labute approximate surface area is 101 Å². The highest BCUT2D eigenvalue weighted by Crippen LogP contribution is 2.18. The summed E-state index contributed by atoms with van der Waals surface area (Å²) in [6.07, 6.45) is 0.804. The lowest BCUT2D eigenvalue weighted by atomic mass is 9.92. The maximum absolute atomic E-state index is 11.3. The number of nitrogens with two attached hydrogens (primary N) is 1. The predicted molar refractivity (Wildman–Crippen MR) is 61.4 cm³/mol. The third-order valence-electron chi connectivity index (χ3n) is 2.77. The van der Waals surface area contributed by atoms with Crippen molar-refractivity contribution in [3.63, 3.8) is 0 Å². The van der Waals surface area contributed by atoms with Crippen LogP contribution in [0.1, 0.15) is 19.8 Å². The van der Waals surface area contributed by atoms with Gasteiger partial charge in [0.05, 0.1) is 13.2 Å². The van der Waals surface area contributed by atoms with Crippen LogP contribution in [0.2, 0.25) is 0 Å². The number of esters is 1. The second kappa shape index (κ2) is 6.56. The fraction of sp³-hybridized carbons (Fsp3) is 0.818. The van der Waals surface area contributed by atoms with Gasteiger partial charge in [0.25, 0.3) is 0 Å². The molecule has 1 aliphatic rings. The van der Waals surface area contributed by atoms with E-state index in [1.807, 2.05) is 4.90 Å². The van der Waals surface area contributed by atoms with Crippen LogP contribution in [0, 0.1) is 5.92 Å². The van der Waals surface area contributed by atoms with E-state index in [0.717, 1.165) is 0 Å². The van der Waals surface area contributed by atoms with Gasteiger partial charge in [0.15, 0.2) is 0 Å². The number of carboxylic acids is 1. The number of carbonyl (C=O) groups excluding carboxylic acids is 1. The van der Waals surface area contributed by atoms with Crippen LogP contribution in [0.5, 0.6) is 0 Å². The van der Waals surface area contributed by atoms with E-state index in [9.17, 15) is 9.59 Å². The summed E-state index contributed by atoms with van der Waals surface area (Å²) in [5, 5.41) is 8.75. The van der Waals surface area contributed by atoms with Crippen molar-refractivity contribution in [2.75, 3.05) is 26.2 Å². The predicted octanol–water partition coefficient (Wildman–Crippen LogP) is -0.327. The first-order valence-corrected chi connectivity index (χ1v) is 5.86. The molecule has 17 heavy (non-hydrogen) atoms. The van der Waals surface area contributed by atoms with Gasteiger partial charge in [-0.1, -0.05) is 0 Å². The Kier molecular flexibility index (Phi) is 5.37. The molecule has 1 fully saturated rings. The summed E-state index contributed by atoms with van der Waals surface area (Å²) in [4.78, 5) is 23.9. The minimum absolute atomic E-state index is 0.0191. The SMILES string of the molecule is CCOC(=O)CN1CC(N)CC(CC(=O)O)C1. The molecule has 0 radical (unpaired) electrons. The standard InChI is InChI=1S/C11H20N2O4/c1-2-17-11(16)7-13-5-8(4-10(14)15)3-9(12)6-13/h8-9H,2-7,12H2,1H3,(H,14,15). The molecule has 0 amide bonds. The van der Waals surface area contributed by atoms with Crippen LogP contribution >= 0.6 is 0 Å². The summed E-state index contributed by atoms with van der Waals surface area (Å²) in [5.74, 6) is -1.08. The number of ether oxygens (including phenoxy) is 1. The molecule has 0 aliphatic carbocycles. The van der Waals surface area contributed by atoms with E-state index < -0.39 is 5.97 Å². The maximum atomic E-state index is 11.3. The molecular weight excluding hydrogens is 224 g/mol. The highest BCUT2D eigenvalue weighted by molar-refractivity contribution is 5.71. The number of likely N-dealkylation sites (tertiary alicyclic amines) is 1. The summed E-state index contributed by atoms with van der Waals surface area (Å²) in [6, 6.07) is -0.0671. The van der Waals surface area contributed by atoms with Crippen LogP contribution in [0.15, 0.2) is 0 Å². The number of piperidine rings is 1. The van der Waals surface area contributed by atoms with E-state index in [2.05, 4.69) is 0 Å². The van der Waals surface area contributed by atoms with Crippen molar-refractivity contribution >= 4 is 11.9 Å². The molecule has 0 spiro atoms. The normalized spacial score (nSPS) is 25.5. The minimum atomic E-state index is -0.819. The van der Waals surface area contributed by atoms with Gasteiger partial charge in [0, 0.05) is 25.6 Å². The average molecular weight is 244 g/mol. The van der Waals surface area contributed by atoms with Crippen molar-refractivity contribution in [2.24, 2.45) is 11.7 Å². The zero-order chi connectivity index (χ0) is 12.8. The molecule has 2 atom stereocenters. The van der Waals surface area contributed by atoms with E-state index in [4.69, 9.17) is 15.6 Å². The van der Waals surface area contributed by atoms with Gasteiger partial charge < -0.3 is 15.6 Å². The lowest BCUT2D eigenvalue weighted by Crippen LogP contribution is -2.49. The first kappa shape index (κ1) is 13.9. The van der Waals surface area contributed by atoms with E-state index >= 15 is 0 Å². The Morgan fingerprint density at radius 2 is 2.18 bits per heavy atom. The second-order valence-electron chi connectivity index (χ2n) is 4.46. The number of nitrogens with zero attached hydrogens (tertiary/aromatic N) is 1. The summed E-state index contributed by atoms with van der Waals surface area (Å²) in [5.41, 5.74) is 5.85. The molecule has 0 aromatic carbocycles. The van der Waals surface area contributed by atoms with Gasteiger partial charge in [0.1, 0.15) is 0 Å². The third-order valence-corrected chi connectivity index (χ3v) is 2.77. The maximum Gasteiger partial charge on any atom is 0.320 e. The Bertz CT molecular complexity index is 283. The van der Waals surface area contributed by atoms with Gasteiger partial charge in [-0.05, 0) is 19.3 Å². The van der Waals surface area contributed by atoms with Gasteiger partial charge in [-0.25, -0.2) is 0 Å². The zero-order valence-electron chi connectivity index (χ0n) is 10.1. The third kappa shape index (κ3) is 5.14. The zero-order valence-corrected chi connectivity index (χ0v) is 10.1. The van der Waals surface area contributed by atoms with Gasteiger partial charge >= 0.3 is 11.9 Å². The fourth-order valence-corrected chi connectivity index (χ4v) is 2.26. The molecule has 2 unspecified atom stereocenters. The van der Waals surface area contributed by atoms with Crippen LogP contribution in [0.25, 0.3) is 0 Å². The summed E-state index contributed by atoms with van der Waals surface area (Å²) >= 11 is 0. The fourth-order valence-electron chi connectivity index (χ4n) is 2.26. The topological polar surface area (TPSA) is 92.9 Å². The van der Waals surface area contributed by atoms with Crippen LogP contribution < -0.4 is 5.73 Å². The quantitative estimate of drug-likeness (QED) is 0.643. The molecule has 3 N–H and O–H groups in total. The number of rotatable bonds is 5. The van der Waals surface area contributed by atoms with Crippen LogP contribution in [0.4, 0.5) is 0 Å². The molecule has 0 aromatic rings. The summed E-state index contributed by atoms with van der Waals surface area (Å²) in [7, 11) is 0. The lowest BCUT2D eigenvalue weighted by molar-refractivity contribution is -0.145. The Morgan fingerprint density at radius 1 is 1.47 bits per heavy atom. The molecule has 6 heteroatoms. The first-order chi connectivity index (χ1) is 8.01. The van der Waals surface area contributed by atoms with Crippen molar-refractivity contribution in [2.45, 2.75) is 25.8 Å². The molecule has 1 aliphatic heterocycles. The van der Waals surface area contributed by atoms with Crippen LogP contribution in [0.3, 0.4) is 0 Å². The number of aliphatic carboxylic acids is 1. The molecule has 0 saturated carbocycles. The average Bonchev–Trinajstić information content (AvgIpc) is 2.14. The van der Waals surface area contributed by atoms with Crippen molar-refractivity contribution in [1.29, 1.82) is 0 Å². The molecule has 1 rings (SSSR count). The molecule has 1 saturated heterocycles. The first-order valence-electron chi connectivity index (χ1n) is 5.86. The van der Waals surface area contributed by atoms with E-state index in [1.54, 1.807) is 6.92 Å². The summed E-state index contributed by atoms with van der Waals surface area (Å²) < 4.78 is 4.86. The van der Waals surface area contributed by atoms with Gasteiger partial charge in [-0.2, -0.15) is 0 Å². The minimum Gasteiger partial charge on any atom is -0.481 e. The van der Waals surface area contributed by atoms with Crippen LogP contribution in [-0.4, -0.2) is 54.2 Å². The van der Waals surface area contributed by atoms with Crippen molar-refractivity contribution < 1.29 is 19.4 Å². The van der Waals surface area contributed by atoms with Crippen molar-refractivity contribution in [3.05, 3.63) is 0 Å². The van der Waals surface area contributed by atoms with Crippen molar-refractivity contribution in [3.8, 4) is 0 Å². The van der Waals surface area contributed by atoms with Gasteiger partial charge in [0.2, 0.25) is 0 Å². The van der Waals surface area contributed by atoms with E-state index in [0.29, 0.717) is 26.1 Å². The smallest absolute Gasteiger partial charge is 0.320 e. The molecule has 0 bridgehead atoms. The number of hydrogen-bond acceptors (Lipinski definition) is 5. The molecule has 6 nitrogen and oxygen atoms in total. The second-order valence-corrected chi connectivity index (χ2v) is 4.46. The molecular formula is C11H20N2O4. The largest absolute Gasteiger partial charge is 0.481 e. The molecule has 0 aromatic heterocycles. The van der Waals surface area contributed by atoms with Crippen molar-refractivity contribution in [1.82, 2.24) is 4.90 Å². The van der Waals surface area contributed by atoms with Crippen LogP contribution in [-0.2, 0) is 14.3 Å². The highest BCUT2D eigenvalue weighted by atomic mass is 16.5. The summed E-state index contributed by atoms with van der Waals surface area (Å²) in [6.45, 7) is 3.52. The number of carboxylic acid groups (broad SMARTS) is 1. The molecule has 98 valence electrons. The monoisotopic (exact) mass is 244 g/mol. The van der Waals surface area contributed by atoms with E-state index in [1.165, 1.54) is 0 Å². The van der Waals surface area contributed by atoms with Gasteiger partial charge in [-0.15, -0.1) is 0 Å². The Balaban J connectivity index is 2.44. The number of hydrogen-bond donors (Lipinski definition) is 2. The Hall–Kier alpha value is -1.14. The lowest BCUT2D eigenvalue weighted by Gasteiger charge is -2.34. The number of carbonyl (C=O) groups is 2. The highest BCUT2D eigenvalue weighted by Gasteiger charge is 2.27. The van der Waals surface area contributed by atoms with Gasteiger partial charge in [-0.3, -0.25) is 14.5 Å². The molecule has 1 heterocycles. The van der Waals surface area contributed by atoms with E-state index in [-0.39, 0.29) is 30.9 Å². The Morgan fingerprint density at radius 3 is 2.76 bits per heavy atom.